The molecule has 0 fully saturated rings. The van der Waals surface area contributed by atoms with E-state index in [1.807, 2.05) is 6.92 Å². The first-order chi connectivity index (χ1) is 3.77. The predicted octanol–water partition coefficient (Wildman–Crippen LogP) is 1.66. The molecule has 0 heterocycles. The highest BCUT2D eigenvalue weighted by molar-refractivity contribution is 5.58. The van der Waals surface area contributed by atoms with Gasteiger partial charge in [0.25, 0.3) is 0 Å². The minimum atomic E-state index is 0.488. The SMILES string of the molecule is CCO/N=C/C(C)C. The summed E-state index contributed by atoms with van der Waals surface area (Å²) in [6.07, 6.45) is 1.78. The molecule has 0 unspecified atom stereocenters. The molecule has 0 aliphatic heterocycles. The Morgan fingerprint density at radius 3 is 2.62 bits per heavy atom. The molecular weight excluding hydrogens is 102 g/mol. The summed E-state index contributed by atoms with van der Waals surface area (Å²) >= 11 is 0. The Balaban J connectivity index is 3.07. The molecule has 0 aliphatic carbocycles. The zero-order chi connectivity index (χ0) is 6.41. The van der Waals surface area contributed by atoms with Crippen LogP contribution in [0.5, 0.6) is 0 Å². The summed E-state index contributed by atoms with van der Waals surface area (Å²) in [6.45, 7) is 6.69. The molecule has 0 radical (unpaired) electrons. The van der Waals surface area contributed by atoms with Gasteiger partial charge in [-0.05, 0) is 12.8 Å². The molecule has 0 aromatic heterocycles. The second kappa shape index (κ2) is 4.62. The number of oxime groups is 1. The third kappa shape index (κ3) is 5.47. The lowest BCUT2D eigenvalue weighted by Crippen LogP contribution is -1.88. The van der Waals surface area contributed by atoms with Crippen LogP contribution in [0.4, 0.5) is 0 Å². The molecule has 0 bridgehead atoms. The van der Waals surface area contributed by atoms with Crippen molar-refractivity contribution in [2.45, 2.75) is 20.8 Å². The van der Waals surface area contributed by atoms with Gasteiger partial charge in [0.2, 0.25) is 0 Å². The Bertz CT molecular complexity index is 68.9. The van der Waals surface area contributed by atoms with Crippen LogP contribution >= 0.6 is 0 Å². The van der Waals surface area contributed by atoms with E-state index >= 15 is 0 Å². The molecule has 0 aliphatic rings. The van der Waals surface area contributed by atoms with Crippen LogP contribution in [0.25, 0.3) is 0 Å². The highest BCUT2D eigenvalue weighted by Crippen LogP contribution is 1.84. The van der Waals surface area contributed by atoms with Crippen LogP contribution in [-0.2, 0) is 4.84 Å². The summed E-state index contributed by atoms with van der Waals surface area (Å²) in [5, 5.41) is 3.66. The van der Waals surface area contributed by atoms with E-state index in [-0.39, 0.29) is 0 Å². The highest BCUT2D eigenvalue weighted by Gasteiger charge is 1.81. The van der Waals surface area contributed by atoms with Gasteiger partial charge in [-0.1, -0.05) is 19.0 Å². The van der Waals surface area contributed by atoms with E-state index in [1.165, 1.54) is 0 Å². The van der Waals surface area contributed by atoms with E-state index in [4.69, 9.17) is 4.84 Å². The topological polar surface area (TPSA) is 21.6 Å². The summed E-state index contributed by atoms with van der Waals surface area (Å²) in [7, 11) is 0. The van der Waals surface area contributed by atoms with E-state index in [2.05, 4.69) is 19.0 Å². The Morgan fingerprint density at radius 1 is 1.62 bits per heavy atom. The molecule has 0 atom stereocenters. The maximum absolute atomic E-state index is 4.71. The summed E-state index contributed by atoms with van der Waals surface area (Å²) < 4.78 is 0. The van der Waals surface area contributed by atoms with Gasteiger partial charge in [0, 0.05) is 6.21 Å². The van der Waals surface area contributed by atoms with E-state index < -0.39 is 0 Å². The Hall–Kier alpha value is -0.530. The summed E-state index contributed by atoms with van der Waals surface area (Å²) in [4.78, 5) is 4.71. The second-order valence-electron chi connectivity index (χ2n) is 1.92. The van der Waals surface area contributed by atoms with Crippen LogP contribution in [0, 0.1) is 5.92 Å². The second-order valence-corrected chi connectivity index (χ2v) is 1.92. The summed E-state index contributed by atoms with van der Waals surface area (Å²) in [5.74, 6) is 0.488. The molecule has 0 rings (SSSR count). The molecule has 2 heteroatoms. The van der Waals surface area contributed by atoms with Crippen LogP contribution < -0.4 is 0 Å². The van der Waals surface area contributed by atoms with Gasteiger partial charge < -0.3 is 4.84 Å². The van der Waals surface area contributed by atoms with Crippen molar-refractivity contribution in [1.82, 2.24) is 0 Å². The van der Waals surface area contributed by atoms with Crippen molar-refractivity contribution < 1.29 is 4.84 Å². The van der Waals surface area contributed by atoms with Crippen molar-refractivity contribution in [3.8, 4) is 0 Å². The molecule has 48 valence electrons. The van der Waals surface area contributed by atoms with E-state index in [9.17, 15) is 0 Å². The summed E-state index contributed by atoms with van der Waals surface area (Å²) in [5.41, 5.74) is 0. The molecule has 0 saturated heterocycles. The average molecular weight is 115 g/mol. The van der Waals surface area contributed by atoms with Crippen molar-refractivity contribution in [3.63, 3.8) is 0 Å². The molecule has 0 saturated carbocycles. The minimum Gasteiger partial charge on any atom is -0.396 e. The predicted molar refractivity (Wildman–Crippen MR) is 35.0 cm³/mol. The van der Waals surface area contributed by atoms with Crippen molar-refractivity contribution in [2.24, 2.45) is 11.1 Å². The van der Waals surface area contributed by atoms with Gasteiger partial charge in [-0.15, -0.1) is 0 Å². The molecule has 0 spiro atoms. The number of rotatable bonds is 3. The van der Waals surface area contributed by atoms with Crippen LogP contribution in [-0.4, -0.2) is 12.8 Å². The number of nitrogens with zero attached hydrogens (tertiary/aromatic N) is 1. The standard InChI is InChI=1S/C6H13NO/c1-4-8-7-5-6(2)3/h5-6H,4H2,1-3H3/b7-5+. The Labute approximate surface area is 50.5 Å². The molecule has 0 aromatic carbocycles. The molecule has 0 aromatic rings. The fourth-order valence-electron chi connectivity index (χ4n) is 0.239. The number of hydrogen-bond acceptors (Lipinski definition) is 2. The Morgan fingerprint density at radius 2 is 2.25 bits per heavy atom. The smallest absolute Gasteiger partial charge is 0.114 e. The van der Waals surface area contributed by atoms with Crippen LogP contribution in [0.2, 0.25) is 0 Å². The average Bonchev–Trinajstić information content (AvgIpc) is 1.66. The lowest BCUT2D eigenvalue weighted by atomic mass is 10.3. The monoisotopic (exact) mass is 115 g/mol. The Kier molecular flexibility index (Phi) is 4.32. The van der Waals surface area contributed by atoms with Crippen LogP contribution in [0.3, 0.4) is 0 Å². The molecular formula is C6H13NO. The maximum Gasteiger partial charge on any atom is 0.114 e. The number of hydrogen-bond donors (Lipinski definition) is 0. The fourth-order valence-corrected chi connectivity index (χ4v) is 0.239. The van der Waals surface area contributed by atoms with Gasteiger partial charge in [0.05, 0.1) is 0 Å². The lowest BCUT2D eigenvalue weighted by molar-refractivity contribution is 0.159. The zero-order valence-corrected chi connectivity index (χ0v) is 5.72. The first-order valence-electron chi connectivity index (χ1n) is 2.92. The van der Waals surface area contributed by atoms with Gasteiger partial charge in [0.1, 0.15) is 6.61 Å². The minimum absolute atomic E-state index is 0.488. The van der Waals surface area contributed by atoms with Gasteiger partial charge in [-0.2, -0.15) is 0 Å². The lowest BCUT2D eigenvalue weighted by Gasteiger charge is -1.92. The maximum atomic E-state index is 4.71. The van der Waals surface area contributed by atoms with Crippen LogP contribution in [0.15, 0.2) is 5.16 Å². The quantitative estimate of drug-likeness (QED) is 0.405. The van der Waals surface area contributed by atoms with E-state index in [1.54, 1.807) is 6.21 Å². The largest absolute Gasteiger partial charge is 0.396 e. The zero-order valence-electron chi connectivity index (χ0n) is 5.72. The highest BCUT2D eigenvalue weighted by atomic mass is 16.6. The third-order valence-electron chi connectivity index (χ3n) is 0.563. The molecule has 0 amide bonds. The van der Waals surface area contributed by atoms with Crippen molar-refractivity contribution in [2.75, 3.05) is 6.61 Å². The van der Waals surface area contributed by atoms with Crippen molar-refractivity contribution in [3.05, 3.63) is 0 Å². The van der Waals surface area contributed by atoms with Gasteiger partial charge in [-0.25, -0.2) is 0 Å². The van der Waals surface area contributed by atoms with Gasteiger partial charge in [-0.3, -0.25) is 0 Å². The summed E-state index contributed by atoms with van der Waals surface area (Å²) in [6, 6.07) is 0. The molecule has 8 heavy (non-hydrogen) atoms. The fraction of sp³-hybridized carbons (Fsp3) is 0.833. The van der Waals surface area contributed by atoms with Crippen molar-refractivity contribution >= 4 is 6.21 Å². The van der Waals surface area contributed by atoms with Gasteiger partial charge >= 0.3 is 0 Å². The van der Waals surface area contributed by atoms with E-state index in [0.29, 0.717) is 12.5 Å². The molecule has 0 N–H and O–H groups in total. The first-order valence-corrected chi connectivity index (χ1v) is 2.92. The van der Waals surface area contributed by atoms with Gasteiger partial charge in [0.15, 0.2) is 0 Å². The normalized spacial score (nSPS) is 11.0. The van der Waals surface area contributed by atoms with Crippen LogP contribution in [0.1, 0.15) is 20.8 Å². The molecule has 2 nitrogen and oxygen atoms in total. The van der Waals surface area contributed by atoms with E-state index in [0.717, 1.165) is 0 Å². The third-order valence-corrected chi connectivity index (χ3v) is 0.563. The first kappa shape index (κ1) is 7.47. The van der Waals surface area contributed by atoms with Crippen molar-refractivity contribution in [1.29, 1.82) is 0 Å².